The van der Waals surface area contributed by atoms with Crippen molar-refractivity contribution in [1.82, 2.24) is 5.32 Å². The molecule has 0 saturated carbocycles. The van der Waals surface area contributed by atoms with Crippen molar-refractivity contribution in [2.24, 2.45) is 0 Å². The summed E-state index contributed by atoms with van der Waals surface area (Å²) in [6, 6.07) is 0.351. The normalized spacial score (nSPS) is 13.9. The van der Waals surface area contributed by atoms with Gasteiger partial charge in [0.2, 0.25) is 0 Å². The molecule has 1 N–H and O–H groups in total. The van der Waals surface area contributed by atoms with Crippen LogP contribution in [-0.4, -0.2) is 6.04 Å². The molecule has 0 aliphatic carbocycles. The van der Waals surface area contributed by atoms with Crippen molar-refractivity contribution in [3.8, 4) is 0 Å². The molecule has 0 aromatic carbocycles. The molecule has 0 saturated heterocycles. The van der Waals surface area contributed by atoms with Crippen LogP contribution in [0.15, 0.2) is 36.6 Å². The van der Waals surface area contributed by atoms with E-state index < -0.39 is 0 Å². The van der Waals surface area contributed by atoms with Gasteiger partial charge in [0.1, 0.15) is 0 Å². The van der Waals surface area contributed by atoms with Gasteiger partial charge in [-0.2, -0.15) is 0 Å². The quantitative estimate of drug-likeness (QED) is 0.609. The number of nitrogens with one attached hydrogen (secondary N) is 1. The first kappa shape index (κ1) is 10.0. The van der Waals surface area contributed by atoms with Crippen molar-refractivity contribution in [2.75, 3.05) is 0 Å². The molecule has 0 spiro atoms. The Bertz CT molecular complexity index is 177. The Labute approximate surface area is 69.5 Å². The largest absolute Gasteiger partial charge is 0.385 e. The van der Waals surface area contributed by atoms with Gasteiger partial charge in [0, 0.05) is 6.04 Å². The van der Waals surface area contributed by atoms with Crippen LogP contribution in [0.25, 0.3) is 0 Å². The van der Waals surface area contributed by atoms with E-state index in [9.17, 15) is 0 Å². The maximum atomic E-state index is 3.81. The standard InChI is InChI=1S/C10H17N/c1-6-11-10(5)9(4)7-8(2)3/h6-7,10-11H,1-2H2,3-5H3/b9-7-/t10-/m0/s1. The average Bonchev–Trinajstić information content (AvgIpc) is 1.86. The number of hydrogen-bond donors (Lipinski definition) is 1. The smallest absolute Gasteiger partial charge is 0.0440 e. The first-order valence-electron chi connectivity index (χ1n) is 3.78. The summed E-state index contributed by atoms with van der Waals surface area (Å²) < 4.78 is 0. The lowest BCUT2D eigenvalue weighted by Gasteiger charge is -2.11. The van der Waals surface area contributed by atoms with Crippen LogP contribution in [0.2, 0.25) is 0 Å². The maximum Gasteiger partial charge on any atom is 0.0440 e. The topological polar surface area (TPSA) is 12.0 Å². The predicted octanol–water partition coefficient (Wildman–Crippen LogP) is 2.63. The van der Waals surface area contributed by atoms with E-state index >= 15 is 0 Å². The molecule has 1 nitrogen and oxygen atoms in total. The van der Waals surface area contributed by atoms with Crippen LogP contribution in [0.1, 0.15) is 20.8 Å². The number of allylic oxidation sites excluding steroid dienone is 2. The molecule has 0 aliphatic heterocycles. The van der Waals surface area contributed by atoms with Gasteiger partial charge in [-0.1, -0.05) is 30.4 Å². The fourth-order valence-corrected chi connectivity index (χ4v) is 0.822. The molecule has 0 unspecified atom stereocenters. The SMILES string of the molecule is C=CN[C@@H](C)/C(C)=C\C(=C)C. The summed E-state index contributed by atoms with van der Waals surface area (Å²) in [7, 11) is 0. The van der Waals surface area contributed by atoms with E-state index in [0.29, 0.717) is 6.04 Å². The zero-order valence-corrected chi connectivity index (χ0v) is 7.65. The fraction of sp³-hybridized carbons (Fsp3) is 0.400. The molecule has 1 atom stereocenters. The summed E-state index contributed by atoms with van der Waals surface area (Å²) >= 11 is 0. The second-order valence-electron chi connectivity index (χ2n) is 2.83. The van der Waals surface area contributed by atoms with Crippen LogP contribution in [0.5, 0.6) is 0 Å². The minimum absolute atomic E-state index is 0.351. The van der Waals surface area contributed by atoms with Crippen molar-refractivity contribution in [2.45, 2.75) is 26.8 Å². The Morgan fingerprint density at radius 2 is 2.00 bits per heavy atom. The van der Waals surface area contributed by atoms with Crippen molar-refractivity contribution >= 4 is 0 Å². The van der Waals surface area contributed by atoms with Gasteiger partial charge in [-0.3, -0.25) is 0 Å². The van der Waals surface area contributed by atoms with Crippen LogP contribution in [-0.2, 0) is 0 Å². The van der Waals surface area contributed by atoms with E-state index in [1.165, 1.54) is 5.57 Å². The molecule has 0 rings (SSSR count). The van der Waals surface area contributed by atoms with Gasteiger partial charge in [-0.15, -0.1) is 0 Å². The molecule has 0 amide bonds. The van der Waals surface area contributed by atoms with E-state index in [1.54, 1.807) is 6.20 Å². The third-order valence-corrected chi connectivity index (χ3v) is 1.52. The highest BCUT2D eigenvalue weighted by Crippen LogP contribution is 2.03. The molecule has 0 heterocycles. The predicted molar refractivity (Wildman–Crippen MR) is 51.4 cm³/mol. The van der Waals surface area contributed by atoms with Crippen LogP contribution < -0.4 is 5.32 Å². The molecule has 0 aliphatic rings. The van der Waals surface area contributed by atoms with Crippen LogP contribution in [0.4, 0.5) is 0 Å². The van der Waals surface area contributed by atoms with Gasteiger partial charge in [0.05, 0.1) is 0 Å². The molecule has 0 fully saturated rings. The minimum atomic E-state index is 0.351. The zero-order chi connectivity index (χ0) is 8.85. The molecule has 11 heavy (non-hydrogen) atoms. The lowest BCUT2D eigenvalue weighted by Crippen LogP contribution is -2.20. The highest BCUT2D eigenvalue weighted by molar-refractivity contribution is 5.20. The van der Waals surface area contributed by atoms with Crippen LogP contribution in [0.3, 0.4) is 0 Å². The minimum Gasteiger partial charge on any atom is -0.385 e. The summed E-state index contributed by atoms with van der Waals surface area (Å²) in [5, 5.41) is 3.11. The second kappa shape index (κ2) is 4.78. The van der Waals surface area contributed by atoms with E-state index in [2.05, 4.69) is 38.4 Å². The third kappa shape index (κ3) is 4.43. The molecule has 0 aromatic heterocycles. The highest BCUT2D eigenvalue weighted by Gasteiger charge is 1.98. The van der Waals surface area contributed by atoms with Gasteiger partial charge in [0.25, 0.3) is 0 Å². The molecule has 1 heteroatoms. The van der Waals surface area contributed by atoms with E-state index in [-0.39, 0.29) is 0 Å². The molecule has 0 bridgehead atoms. The summed E-state index contributed by atoms with van der Waals surface area (Å²) in [6.07, 6.45) is 3.78. The lowest BCUT2D eigenvalue weighted by atomic mass is 10.1. The first-order valence-corrected chi connectivity index (χ1v) is 3.78. The van der Waals surface area contributed by atoms with Crippen molar-refractivity contribution in [3.63, 3.8) is 0 Å². The Hall–Kier alpha value is -0.980. The lowest BCUT2D eigenvalue weighted by molar-refractivity contribution is 0.728. The average molecular weight is 151 g/mol. The fourth-order valence-electron chi connectivity index (χ4n) is 0.822. The summed E-state index contributed by atoms with van der Waals surface area (Å²) in [5.74, 6) is 0. The highest BCUT2D eigenvalue weighted by atomic mass is 14.9. The number of hydrogen-bond acceptors (Lipinski definition) is 1. The van der Waals surface area contributed by atoms with Crippen molar-refractivity contribution in [1.29, 1.82) is 0 Å². The van der Waals surface area contributed by atoms with Gasteiger partial charge in [-0.25, -0.2) is 0 Å². The van der Waals surface area contributed by atoms with Crippen molar-refractivity contribution < 1.29 is 0 Å². The number of rotatable bonds is 4. The molecule has 0 radical (unpaired) electrons. The van der Waals surface area contributed by atoms with E-state index in [0.717, 1.165) is 5.57 Å². The molecular formula is C10H17N. The van der Waals surface area contributed by atoms with Crippen molar-refractivity contribution in [3.05, 3.63) is 36.6 Å². The van der Waals surface area contributed by atoms with Gasteiger partial charge < -0.3 is 5.32 Å². The maximum absolute atomic E-state index is 3.81. The Balaban J connectivity index is 4.10. The van der Waals surface area contributed by atoms with E-state index in [1.807, 2.05) is 6.92 Å². The second-order valence-corrected chi connectivity index (χ2v) is 2.83. The zero-order valence-electron chi connectivity index (χ0n) is 7.65. The van der Waals surface area contributed by atoms with Gasteiger partial charge in [-0.05, 0) is 27.0 Å². The van der Waals surface area contributed by atoms with Crippen LogP contribution >= 0.6 is 0 Å². The Morgan fingerprint density at radius 3 is 2.36 bits per heavy atom. The molecule has 0 aromatic rings. The molecular weight excluding hydrogens is 134 g/mol. The first-order chi connectivity index (χ1) is 5.07. The molecule has 62 valence electrons. The van der Waals surface area contributed by atoms with Crippen LogP contribution in [0, 0.1) is 0 Å². The Kier molecular flexibility index (Phi) is 4.35. The summed E-state index contributed by atoms with van der Waals surface area (Å²) in [4.78, 5) is 0. The summed E-state index contributed by atoms with van der Waals surface area (Å²) in [6.45, 7) is 13.6. The van der Waals surface area contributed by atoms with Gasteiger partial charge in [0.15, 0.2) is 0 Å². The van der Waals surface area contributed by atoms with Gasteiger partial charge >= 0.3 is 0 Å². The Morgan fingerprint density at radius 1 is 1.45 bits per heavy atom. The third-order valence-electron chi connectivity index (χ3n) is 1.52. The monoisotopic (exact) mass is 151 g/mol. The van der Waals surface area contributed by atoms with E-state index in [4.69, 9.17) is 0 Å². The summed E-state index contributed by atoms with van der Waals surface area (Å²) in [5.41, 5.74) is 2.36.